The number of likely N-dealkylation sites (tertiary alicyclic amines) is 1. The number of rotatable bonds is 4. The minimum absolute atomic E-state index is 0.0402. The van der Waals surface area contributed by atoms with Crippen LogP contribution in [0.25, 0.3) is 0 Å². The van der Waals surface area contributed by atoms with Gasteiger partial charge in [0.1, 0.15) is 5.88 Å². The van der Waals surface area contributed by atoms with Crippen molar-refractivity contribution in [3.05, 3.63) is 35.4 Å². The van der Waals surface area contributed by atoms with Gasteiger partial charge in [-0.15, -0.1) is 11.6 Å². The van der Waals surface area contributed by atoms with E-state index in [1.54, 1.807) is 4.90 Å². The van der Waals surface area contributed by atoms with E-state index in [-0.39, 0.29) is 29.9 Å². The molecular formula is C13H13ClF2N2O2. The van der Waals surface area contributed by atoms with Crippen molar-refractivity contribution in [1.29, 1.82) is 0 Å². The van der Waals surface area contributed by atoms with E-state index in [1.807, 2.05) is 0 Å². The Labute approximate surface area is 119 Å². The highest BCUT2D eigenvalue weighted by Crippen LogP contribution is 2.17. The molecule has 1 aromatic carbocycles. The highest BCUT2D eigenvalue weighted by molar-refractivity contribution is 6.27. The normalized spacial score (nSPS) is 17.6. The van der Waals surface area contributed by atoms with Crippen LogP contribution in [0.2, 0.25) is 0 Å². The monoisotopic (exact) mass is 302 g/mol. The topological polar surface area (TPSA) is 49.4 Å². The molecule has 1 heterocycles. The lowest BCUT2D eigenvalue weighted by molar-refractivity contribution is -0.135. The van der Waals surface area contributed by atoms with E-state index in [2.05, 4.69) is 5.32 Å². The zero-order chi connectivity index (χ0) is 14.7. The van der Waals surface area contributed by atoms with E-state index in [0.29, 0.717) is 6.54 Å². The summed E-state index contributed by atoms with van der Waals surface area (Å²) in [5.74, 6) is -2.84. The average Bonchev–Trinajstić information content (AvgIpc) is 2.40. The Kier molecular flexibility index (Phi) is 4.54. The molecule has 20 heavy (non-hydrogen) atoms. The van der Waals surface area contributed by atoms with E-state index in [9.17, 15) is 18.4 Å². The molecule has 2 amide bonds. The van der Waals surface area contributed by atoms with Gasteiger partial charge in [0, 0.05) is 18.7 Å². The van der Waals surface area contributed by atoms with Gasteiger partial charge in [0.2, 0.25) is 5.91 Å². The second kappa shape index (κ2) is 6.17. The Balaban J connectivity index is 1.89. The number of hydrogen-bond acceptors (Lipinski definition) is 2. The number of halogens is 3. The van der Waals surface area contributed by atoms with Crippen molar-refractivity contribution < 1.29 is 18.4 Å². The molecule has 4 nitrogen and oxygen atoms in total. The molecule has 1 atom stereocenters. The van der Waals surface area contributed by atoms with Crippen molar-refractivity contribution in [1.82, 2.24) is 10.2 Å². The molecule has 0 aliphatic carbocycles. The molecule has 1 fully saturated rings. The molecule has 0 spiro atoms. The molecule has 2 rings (SSSR count). The van der Waals surface area contributed by atoms with Crippen LogP contribution in [0.15, 0.2) is 18.2 Å². The van der Waals surface area contributed by atoms with Crippen molar-refractivity contribution in [3.63, 3.8) is 0 Å². The molecule has 0 aromatic heterocycles. The van der Waals surface area contributed by atoms with Crippen molar-refractivity contribution in [2.45, 2.75) is 12.5 Å². The summed E-state index contributed by atoms with van der Waals surface area (Å²) in [6, 6.07) is 2.86. The SMILES string of the molecule is O=C(NCC1CCN1C(=O)CCl)c1ccc(F)c(F)c1. The maximum atomic E-state index is 13.0. The van der Waals surface area contributed by atoms with E-state index in [1.165, 1.54) is 6.07 Å². The zero-order valence-electron chi connectivity index (χ0n) is 10.5. The molecule has 1 N–H and O–H groups in total. The van der Waals surface area contributed by atoms with Gasteiger partial charge >= 0.3 is 0 Å². The second-order valence-corrected chi connectivity index (χ2v) is 4.77. The first-order chi connectivity index (χ1) is 9.52. The van der Waals surface area contributed by atoms with Gasteiger partial charge in [0.15, 0.2) is 11.6 Å². The zero-order valence-corrected chi connectivity index (χ0v) is 11.3. The van der Waals surface area contributed by atoms with Crippen molar-refractivity contribution in [2.24, 2.45) is 0 Å². The Hall–Kier alpha value is -1.69. The van der Waals surface area contributed by atoms with Gasteiger partial charge in [-0.25, -0.2) is 8.78 Å². The van der Waals surface area contributed by atoms with Crippen LogP contribution in [0.1, 0.15) is 16.8 Å². The summed E-state index contributed by atoms with van der Waals surface area (Å²) < 4.78 is 25.8. The van der Waals surface area contributed by atoms with Crippen molar-refractivity contribution in [3.8, 4) is 0 Å². The van der Waals surface area contributed by atoms with E-state index < -0.39 is 17.5 Å². The molecule has 7 heteroatoms. The number of nitrogens with zero attached hydrogens (tertiary/aromatic N) is 1. The minimum Gasteiger partial charge on any atom is -0.350 e. The van der Waals surface area contributed by atoms with E-state index in [4.69, 9.17) is 11.6 Å². The molecule has 1 saturated heterocycles. The number of alkyl halides is 1. The van der Waals surface area contributed by atoms with Crippen LogP contribution in [0.4, 0.5) is 8.78 Å². The lowest BCUT2D eigenvalue weighted by Gasteiger charge is -2.40. The predicted molar refractivity (Wildman–Crippen MR) is 69.5 cm³/mol. The molecule has 1 aliphatic rings. The first kappa shape index (κ1) is 14.7. The van der Waals surface area contributed by atoms with Gasteiger partial charge in [-0.1, -0.05) is 0 Å². The fourth-order valence-electron chi connectivity index (χ4n) is 2.01. The van der Waals surface area contributed by atoms with Crippen LogP contribution in [-0.4, -0.2) is 41.7 Å². The van der Waals surface area contributed by atoms with Gasteiger partial charge in [-0.05, 0) is 24.6 Å². The third-order valence-electron chi connectivity index (χ3n) is 3.26. The van der Waals surface area contributed by atoms with E-state index in [0.717, 1.165) is 18.6 Å². The van der Waals surface area contributed by atoms with Crippen LogP contribution in [0, 0.1) is 11.6 Å². The maximum absolute atomic E-state index is 13.0. The standard InChI is InChI=1S/C13H13ClF2N2O2/c14-6-12(19)18-4-3-9(18)7-17-13(20)8-1-2-10(15)11(16)5-8/h1-2,5,9H,3-4,6-7H2,(H,17,20). The second-order valence-electron chi connectivity index (χ2n) is 4.50. The van der Waals surface area contributed by atoms with Gasteiger partial charge in [0.25, 0.3) is 5.91 Å². The summed E-state index contributed by atoms with van der Waals surface area (Å²) in [5.41, 5.74) is 0.0402. The van der Waals surface area contributed by atoms with Crippen LogP contribution >= 0.6 is 11.6 Å². The van der Waals surface area contributed by atoms with Crippen LogP contribution in [0.5, 0.6) is 0 Å². The highest BCUT2D eigenvalue weighted by Gasteiger charge is 2.31. The van der Waals surface area contributed by atoms with Crippen molar-refractivity contribution >= 4 is 23.4 Å². The summed E-state index contributed by atoms with van der Waals surface area (Å²) in [4.78, 5) is 24.7. The maximum Gasteiger partial charge on any atom is 0.251 e. The van der Waals surface area contributed by atoms with Gasteiger partial charge < -0.3 is 10.2 Å². The predicted octanol–water partition coefficient (Wildman–Crippen LogP) is 1.53. The lowest BCUT2D eigenvalue weighted by Crippen LogP contribution is -2.56. The number of hydrogen-bond donors (Lipinski definition) is 1. The number of carbonyl (C=O) groups is 2. The Morgan fingerprint density at radius 2 is 2.10 bits per heavy atom. The average molecular weight is 303 g/mol. The molecule has 108 valence electrons. The smallest absolute Gasteiger partial charge is 0.251 e. The number of nitrogens with one attached hydrogen (secondary N) is 1. The molecule has 1 aromatic rings. The number of carbonyl (C=O) groups excluding carboxylic acids is 2. The summed E-state index contributed by atoms with van der Waals surface area (Å²) in [7, 11) is 0. The third-order valence-corrected chi connectivity index (χ3v) is 3.49. The Morgan fingerprint density at radius 3 is 2.65 bits per heavy atom. The summed E-state index contributed by atoms with van der Waals surface area (Å²) in [5, 5.41) is 2.59. The lowest BCUT2D eigenvalue weighted by atomic mass is 10.0. The third kappa shape index (κ3) is 3.07. The van der Waals surface area contributed by atoms with E-state index >= 15 is 0 Å². The fraction of sp³-hybridized carbons (Fsp3) is 0.385. The summed E-state index contributed by atoms with van der Waals surface area (Å²) in [6.07, 6.45) is 0.778. The van der Waals surface area contributed by atoms with Crippen LogP contribution in [0.3, 0.4) is 0 Å². The first-order valence-electron chi connectivity index (χ1n) is 6.11. The molecule has 0 saturated carbocycles. The Bertz CT molecular complexity index is 539. The largest absolute Gasteiger partial charge is 0.350 e. The fourth-order valence-corrected chi connectivity index (χ4v) is 2.16. The summed E-state index contributed by atoms with van der Waals surface area (Å²) in [6.45, 7) is 0.887. The molecule has 0 bridgehead atoms. The first-order valence-corrected chi connectivity index (χ1v) is 6.65. The number of amides is 2. The molecule has 0 radical (unpaired) electrons. The van der Waals surface area contributed by atoms with Crippen LogP contribution in [-0.2, 0) is 4.79 Å². The van der Waals surface area contributed by atoms with Gasteiger partial charge in [0.05, 0.1) is 6.04 Å². The van der Waals surface area contributed by atoms with Crippen LogP contribution < -0.4 is 5.32 Å². The molecule has 1 unspecified atom stereocenters. The van der Waals surface area contributed by atoms with Gasteiger partial charge in [-0.2, -0.15) is 0 Å². The number of benzene rings is 1. The molecular weight excluding hydrogens is 290 g/mol. The quantitative estimate of drug-likeness (QED) is 0.858. The molecule has 1 aliphatic heterocycles. The Morgan fingerprint density at radius 1 is 1.35 bits per heavy atom. The minimum atomic E-state index is -1.07. The summed E-state index contributed by atoms with van der Waals surface area (Å²) >= 11 is 5.46. The highest BCUT2D eigenvalue weighted by atomic mass is 35.5. The van der Waals surface area contributed by atoms with Crippen molar-refractivity contribution in [2.75, 3.05) is 19.0 Å². The van der Waals surface area contributed by atoms with Gasteiger partial charge in [-0.3, -0.25) is 9.59 Å².